The summed E-state index contributed by atoms with van der Waals surface area (Å²) < 4.78 is 41.5. The fourth-order valence-corrected chi connectivity index (χ4v) is 3.74. The minimum atomic E-state index is -4.73. The minimum Gasteiger partial charge on any atom is -0.406 e. The summed E-state index contributed by atoms with van der Waals surface area (Å²) in [6.45, 7) is 1.75. The van der Waals surface area contributed by atoms with Gasteiger partial charge < -0.3 is 9.72 Å². The topological polar surface area (TPSA) is 42.1 Å². The number of ether oxygens (including phenoxy) is 1. The van der Waals surface area contributed by atoms with Crippen molar-refractivity contribution in [3.05, 3.63) is 98.7 Å². The lowest BCUT2D eigenvalue weighted by Crippen LogP contribution is -2.17. The molecule has 158 valence electrons. The van der Waals surface area contributed by atoms with Crippen LogP contribution in [0.15, 0.2) is 71.5 Å². The van der Waals surface area contributed by atoms with E-state index in [1.165, 1.54) is 18.2 Å². The van der Waals surface area contributed by atoms with Crippen molar-refractivity contribution in [1.82, 2.24) is 4.98 Å². The zero-order valence-corrected chi connectivity index (χ0v) is 17.1. The quantitative estimate of drug-likeness (QED) is 0.384. The van der Waals surface area contributed by atoms with Gasteiger partial charge in [-0.25, -0.2) is 0 Å². The predicted molar refractivity (Wildman–Crippen MR) is 116 cm³/mol. The minimum absolute atomic E-state index is 0.103. The molecular weight excluding hydrogens is 427 g/mol. The smallest absolute Gasteiger partial charge is 0.406 e. The van der Waals surface area contributed by atoms with E-state index in [0.717, 1.165) is 11.1 Å². The molecule has 7 heteroatoms. The first-order chi connectivity index (χ1) is 14.7. The molecule has 3 aromatic carbocycles. The SMILES string of the molecule is Cc1c(-c2cccc(Cc3cccc(OC(F)(F)F)c3)c2)[nH]c2ccc(Cl)cc2c1=O. The number of aromatic nitrogens is 1. The van der Waals surface area contributed by atoms with Crippen molar-refractivity contribution in [2.75, 3.05) is 0 Å². The van der Waals surface area contributed by atoms with Gasteiger partial charge in [0.25, 0.3) is 0 Å². The Hall–Kier alpha value is -3.25. The van der Waals surface area contributed by atoms with Crippen molar-refractivity contribution in [2.24, 2.45) is 0 Å². The van der Waals surface area contributed by atoms with Crippen LogP contribution in [0.1, 0.15) is 16.7 Å². The van der Waals surface area contributed by atoms with Crippen molar-refractivity contribution in [2.45, 2.75) is 19.7 Å². The van der Waals surface area contributed by atoms with E-state index in [2.05, 4.69) is 9.72 Å². The lowest BCUT2D eigenvalue weighted by Gasteiger charge is -2.12. The average molecular weight is 444 g/mol. The van der Waals surface area contributed by atoms with E-state index in [0.29, 0.717) is 39.2 Å². The van der Waals surface area contributed by atoms with Gasteiger partial charge >= 0.3 is 6.36 Å². The van der Waals surface area contributed by atoms with Crippen molar-refractivity contribution in [1.29, 1.82) is 0 Å². The van der Waals surface area contributed by atoms with E-state index in [1.54, 1.807) is 31.2 Å². The number of halogens is 4. The Balaban J connectivity index is 1.68. The van der Waals surface area contributed by atoms with Gasteiger partial charge in [-0.1, -0.05) is 41.9 Å². The highest BCUT2D eigenvalue weighted by molar-refractivity contribution is 6.31. The molecule has 4 aromatic rings. The Labute approximate surface area is 181 Å². The molecule has 0 amide bonds. The molecule has 0 aliphatic carbocycles. The van der Waals surface area contributed by atoms with Crippen molar-refractivity contribution in [3.8, 4) is 17.0 Å². The molecule has 1 aromatic heterocycles. The van der Waals surface area contributed by atoms with Gasteiger partial charge in [-0.05, 0) is 66.4 Å². The summed E-state index contributed by atoms with van der Waals surface area (Å²) >= 11 is 6.02. The Morgan fingerprint density at radius 3 is 2.42 bits per heavy atom. The maximum absolute atomic E-state index is 12.8. The van der Waals surface area contributed by atoms with Gasteiger partial charge in [-0.15, -0.1) is 13.2 Å². The fraction of sp³-hybridized carbons (Fsp3) is 0.125. The maximum Gasteiger partial charge on any atom is 0.573 e. The maximum atomic E-state index is 12.8. The van der Waals surface area contributed by atoms with Gasteiger partial charge in [-0.3, -0.25) is 4.79 Å². The van der Waals surface area contributed by atoms with Gasteiger partial charge in [-0.2, -0.15) is 0 Å². The predicted octanol–water partition coefficient (Wildman–Crippen LogP) is 6.65. The molecule has 3 nitrogen and oxygen atoms in total. The van der Waals surface area contributed by atoms with Crippen LogP contribution in [-0.2, 0) is 6.42 Å². The second-order valence-electron chi connectivity index (χ2n) is 7.22. The number of hydrogen-bond donors (Lipinski definition) is 1. The second-order valence-corrected chi connectivity index (χ2v) is 7.65. The molecule has 0 bridgehead atoms. The summed E-state index contributed by atoms with van der Waals surface area (Å²) in [6.07, 6.45) is -4.32. The summed E-state index contributed by atoms with van der Waals surface area (Å²) in [7, 11) is 0. The van der Waals surface area contributed by atoms with Crippen molar-refractivity contribution >= 4 is 22.5 Å². The standard InChI is InChI=1S/C24H17ClF3NO2/c1-14-22(29-21-9-8-18(25)13-20(21)23(14)30)17-6-2-4-15(11-17)10-16-5-3-7-19(12-16)31-24(26,27)28/h2-9,11-13H,10H2,1H3,(H,29,30). The Morgan fingerprint density at radius 2 is 1.68 bits per heavy atom. The van der Waals surface area contributed by atoms with Crippen LogP contribution in [-0.4, -0.2) is 11.3 Å². The van der Waals surface area contributed by atoms with Gasteiger partial charge in [0.1, 0.15) is 5.75 Å². The molecule has 0 fully saturated rings. The highest BCUT2D eigenvalue weighted by atomic mass is 35.5. The fourth-order valence-electron chi connectivity index (χ4n) is 3.57. The van der Waals surface area contributed by atoms with Crippen LogP contribution in [0.5, 0.6) is 5.75 Å². The number of aromatic amines is 1. The Morgan fingerprint density at radius 1 is 0.968 bits per heavy atom. The van der Waals surface area contributed by atoms with E-state index in [9.17, 15) is 18.0 Å². The molecule has 0 spiro atoms. The first-order valence-electron chi connectivity index (χ1n) is 9.46. The normalized spacial score (nSPS) is 11.6. The Bertz CT molecular complexity index is 1330. The molecule has 1 N–H and O–H groups in total. The van der Waals surface area contributed by atoms with Crippen LogP contribution in [0.2, 0.25) is 5.02 Å². The third kappa shape index (κ3) is 4.75. The van der Waals surface area contributed by atoms with E-state index in [1.807, 2.05) is 24.3 Å². The summed E-state index contributed by atoms with van der Waals surface area (Å²) in [5.74, 6) is -0.255. The zero-order valence-electron chi connectivity index (χ0n) is 16.4. The number of alkyl halides is 3. The molecule has 0 unspecified atom stereocenters. The molecule has 1 heterocycles. The van der Waals surface area contributed by atoms with Crippen molar-refractivity contribution < 1.29 is 17.9 Å². The highest BCUT2D eigenvalue weighted by Crippen LogP contribution is 2.27. The third-order valence-corrected chi connectivity index (χ3v) is 5.19. The Kier molecular flexibility index (Phi) is 5.50. The van der Waals surface area contributed by atoms with E-state index >= 15 is 0 Å². The lowest BCUT2D eigenvalue weighted by atomic mass is 9.99. The average Bonchev–Trinajstić information content (AvgIpc) is 2.70. The number of pyridine rings is 1. The van der Waals surface area contributed by atoms with Gasteiger partial charge in [0, 0.05) is 21.5 Å². The monoisotopic (exact) mass is 443 g/mol. The number of benzene rings is 3. The van der Waals surface area contributed by atoms with E-state index in [4.69, 9.17) is 11.6 Å². The molecule has 0 aliphatic heterocycles. The third-order valence-electron chi connectivity index (χ3n) is 4.96. The summed E-state index contributed by atoms with van der Waals surface area (Å²) in [4.78, 5) is 16.1. The summed E-state index contributed by atoms with van der Waals surface area (Å²) in [6, 6.07) is 18.5. The largest absolute Gasteiger partial charge is 0.573 e. The van der Waals surface area contributed by atoms with Gasteiger partial charge in [0.2, 0.25) is 0 Å². The number of nitrogens with one attached hydrogen (secondary N) is 1. The molecule has 4 rings (SSSR count). The van der Waals surface area contributed by atoms with Crippen LogP contribution >= 0.6 is 11.6 Å². The van der Waals surface area contributed by atoms with Crippen LogP contribution in [0.25, 0.3) is 22.2 Å². The summed E-state index contributed by atoms with van der Waals surface area (Å²) in [5, 5.41) is 1.01. The number of rotatable bonds is 4. The van der Waals surface area contributed by atoms with Crippen molar-refractivity contribution in [3.63, 3.8) is 0 Å². The molecule has 0 atom stereocenters. The molecule has 0 aliphatic rings. The molecule has 0 saturated carbocycles. The first-order valence-corrected chi connectivity index (χ1v) is 9.83. The van der Waals surface area contributed by atoms with Gasteiger partial charge in [0.15, 0.2) is 5.43 Å². The number of hydrogen-bond acceptors (Lipinski definition) is 2. The second kappa shape index (κ2) is 8.12. The van der Waals surface area contributed by atoms with Gasteiger partial charge in [0.05, 0.1) is 5.69 Å². The van der Waals surface area contributed by atoms with E-state index in [-0.39, 0.29) is 11.2 Å². The van der Waals surface area contributed by atoms with Crippen LogP contribution < -0.4 is 10.2 Å². The van der Waals surface area contributed by atoms with E-state index < -0.39 is 6.36 Å². The summed E-state index contributed by atoms with van der Waals surface area (Å²) in [5.41, 5.74) is 4.21. The molecule has 0 saturated heterocycles. The number of H-pyrrole nitrogens is 1. The first kappa shape index (κ1) is 21.0. The van der Waals surface area contributed by atoms with Crippen LogP contribution in [0.4, 0.5) is 13.2 Å². The van der Waals surface area contributed by atoms with Crippen LogP contribution in [0.3, 0.4) is 0 Å². The molecule has 0 radical (unpaired) electrons. The highest BCUT2D eigenvalue weighted by Gasteiger charge is 2.31. The lowest BCUT2D eigenvalue weighted by molar-refractivity contribution is -0.274. The molecular formula is C24H17ClF3NO2. The zero-order chi connectivity index (χ0) is 22.2. The molecule has 31 heavy (non-hydrogen) atoms. The van der Waals surface area contributed by atoms with Crippen LogP contribution in [0, 0.1) is 6.92 Å². The number of fused-ring (bicyclic) bond motifs is 1.